The van der Waals surface area contributed by atoms with E-state index in [1.54, 1.807) is 6.33 Å². The van der Waals surface area contributed by atoms with Gasteiger partial charge < -0.3 is 10.1 Å². The maximum absolute atomic E-state index is 5.59. The molecule has 3 nitrogen and oxygen atoms in total. The van der Waals surface area contributed by atoms with Crippen LogP contribution in [-0.2, 0) is 0 Å². The Kier molecular flexibility index (Phi) is 1.12. The van der Waals surface area contributed by atoms with E-state index in [4.69, 9.17) is 5.73 Å². The summed E-state index contributed by atoms with van der Waals surface area (Å²) in [7, 11) is 0. The zero-order chi connectivity index (χ0) is 7.84. The van der Waals surface area contributed by atoms with Crippen LogP contribution in [0.4, 0.5) is 5.82 Å². The van der Waals surface area contributed by atoms with E-state index in [9.17, 15) is 0 Å². The summed E-state index contributed by atoms with van der Waals surface area (Å²) in [5, 5.41) is 0. The number of fused-ring (bicyclic) bond motifs is 1. The van der Waals surface area contributed by atoms with Crippen LogP contribution >= 0.6 is 0 Å². The van der Waals surface area contributed by atoms with E-state index >= 15 is 0 Å². The van der Waals surface area contributed by atoms with Crippen molar-refractivity contribution < 1.29 is 0 Å². The summed E-state index contributed by atoms with van der Waals surface area (Å²) in [5.74, 6) is 0.588. The molecule has 0 radical (unpaired) electrons. The molecule has 0 amide bonds. The average Bonchev–Trinajstić information content (AvgIpc) is 2.32. The third kappa shape index (κ3) is 0.852. The van der Waals surface area contributed by atoms with Crippen LogP contribution in [0.1, 0.15) is 5.56 Å². The van der Waals surface area contributed by atoms with Gasteiger partial charge in [-0.2, -0.15) is 0 Å². The summed E-state index contributed by atoms with van der Waals surface area (Å²) in [6.45, 7) is 2.04. The van der Waals surface area contributed by atoms with Crippen LogP contribution in [0.3, 0.4) is 0 Å². The number of pyridine rings is 1. The van der Waals surface area contributed by atoms with Crippen LogP contribution in [0.25, 0.3) is 5.52 Å². The number of nitrogens with zero attached hydrogens (tertiary/aromatic N) is 2. The first-order chi connectivity index (χ1) is 5.27. The first-order valence-electron chi connectivity index (χ1n) is 3.46. The monoisotopic (exact) mass is 147 g/mol. The second kappa shape index (κ2) is 1.99. The lowest BCUT2D eigenvalue weighted by molar-refractivity contribution is 1.13. The van der Waals surface area contributed by atoms with Crippen LogP contribution in [0, 0.1) is 6.92 Å². The summed E-state index contributed by atoms with van der Waals surface area (Å²) in [6.07, 6.45) is 3.72. The van der Waals surface area contributed by atoms with Gasteiger partial charge in [0.1, 0.15) is 12.1 Å². The maximum Gasteiger partial charge on any atom is 0.149 e. The van der Waals surface area contributed by atoms with Gasteiger partial charge in [0.25, 0.3) is 0 Å². The van der Waals surface area contributed by atoms with E-state index in [1.807, 2.05) is 29.7 Å². The Morgan fingerprint density at radius 3 is 3.09 bits per heavy atom. The van der Waals surface area contributed by atoms with Gasteiger partial charge in [0.05, 0.1) is 5.52 Å². The number of rotatable bonds is 0. The summed E-state index contributed by atoms with van der Waals surface area (Å²) >= 11 is 0. The first kappa shape index (κ1) is 6.22. The lowest BCUT2D eigenvalue weighted by Crippen LogP contribution is -1.86. The Balaban J connectivity index is 2.86. The molecule has 0 saturated heterocycles. The van der Waals surface area contributed by atoms with Crippen molar-refractivity contribution >= 4 is 11.3 Å². The highest BCUT2D eigenvalue weighted by molar-refractivity contribution is 5.65. The Labute approximate surface area is 64.5 Å². The molecule has 2 aromatic rings. The van der Waals surface area contributed by atoms with Gasteiger partial charge >= 0.3 is 0 Å². The second-order valence-electron chi connectivity index (χ2n) is 2.63. The molecule has 2 N–H and O–H groups in total. The predicted molar refractivity (Wildman–Crippen MR) is 44.3 cm³/mol. The number of anilines is 1. The van der Waals surface area contributed by atoms with Crippen molar-refractivity contribution in [2.24, 2.45) is 0 Å². The second-order valence-corrected chi connectivity index (χ2v) is 2.63. The molecule has 2 aromatic heterocycles. The van der Waals surface area contributed by atoms with Crippen LogP contribution in [0.2, 0.25) is 0 Å². The van der Waals surface area contributed by atoms with Gasteiger partial charge in [-0.25, -0.2) is 4.98 Å². The fourth-order valence-electron chi connectivity index (χ4n) is 1.13. The molecule has 11 heavy (non-hydrogen) atoms. The third-order valence-corrected chi connectivity index (χ3v) is 1.71. The zero-order valence-electron chi connectivity index (χ0n) is 6.28. The Bertz CT molecular complexity index is 389. The van der Waals surface area contributed by atoms with E-state index in [0.717, 1.165) is 5.52 Å². The van der Waals surface area contributed by atoms with Crippen molar-refractivity contribution in [2.45, 2.75) is 6.92 Å². The fourth-order valence-corrected chi connectivity index (χ4v) is 1.13. The number of aromatic nitrogens is 2. The minimum absolute atomic E-state index is 0.588. The quantitative estimate of drug-likeness (QED) is 0.609. The number of aryl methyl sites for hydroxylation is 1. The molecule has 3 heteroatoms. The van der Waals surface area contributed by atoms with Crippen LogP contribution in [0.5, 0.6) is 0 Å². The van der Waals surface area contributed by atoms with Gasteiger partial charge in [-0.3, -0.25) is 0 Å². The minimum Gasteiger partial charge on any atom is -0.382 e. The van der Waals surface area contributed by atoms with Crippen molar-refractivity contribution in [3.63, 3.8) is 0 Å². The number of hydrogen-bond donors (Lipinski definition) is 1. The molecular formula is C8H9N3. The van der Waals surface area contributed by atoms with Gasteiger partial charge in [-0.05, 0) is 18.6 Å². The highest BCUT2D eigenvalue weighted by atomic mass is 15.0. The smallest absolute Gasteiger partial charge is 0.149 e. The SMILES string of the molecule is Cc1ccc2c(N)ncn2c1. The van der Waals surface area contributed by atoms with Crippen molar-refractivity contribution in [1.29, 1.82) is 0 Å². The van der Waals surface area contributed by atoms with Crippen molar-refractivity contribution in [1.82, 2.24) is 9.38 Å². The number of nitrogens with two attached hydrogens (primary N) is 1. The van der Waals surface area contributed by atoms with E-state index < -0.39 is 0 Å². The molecule has 0 saturated carbocycles. The maximum atomic E-state index is 5.59. The topological polar surface area (TPSA) is 43.3 Å². The van der Waals surface area contributed by atoms with Crippen molar-refractivity contribution in [3.8, 4) is 0 Å². The molecule has 0 aliphatic heterocycles. The predicted octanol–water partition coefficient (Wildman–Crippen LogP) is 1.22. The number of hydrogen-bond acceptors (Lipinski definition) is 2. The molecule has 0 bridgehead atoms. The molecule has 2 heterocycles. The molecule has 0 aromatic carbocycles. The number of imidazole rings is 1. The average molecular weight is 147 g/mol. The number of nitrogen functional groups attached to an aromatic ring is 1. The molecule has 0 aliphatic carbocycles. The zero-order valence-corrected chi connectivity index (χ0v) is 6.28. The van der Waals surface area contributed by atoms with Gasteiger partial charge in [0.2, 0.25) is 0 Å². The lowest BCUT2D eigenvalue weighted by Gasteiger charge is -1.94. The van der Waals surface area contributed by atoms with Gasteiger partial charge in [-0.15, -0.1) is 0 Å². The third-order valence-electron chi connectivity index (χ3n) is 1.71. The van der Waals surface area contributed by atoms with Crippen molar-refractivity contribution in [3.05, 3.63) is 30.2 Å². The van der Waals surface area contributed by atoms with Crippen LogP contribution in [-0.4, -0.2) is 9.38 Å². The lowest BCUT2D eigenvalue weighted by atomic mass is 10.3. The van der Waals surface area contributed by atoms with Gasteiger partial charge in [-0.1, -0.05) is 6.07 Å². The molecule has 0 unspecified atom stereocenters. The van der Waals surface area contributed by atoms with E-state index in [-0.39, 0.29) is 0 Å². The summed E-state index contributed by atoms with van der Waals surface area (Å²) < 4.78 is 1.92. The normalized spacial score (nSPS) is 10.6. The standard InChI is InChI=1S/C8H9N3/c1-6-2-3-7-8(9)10-5-11(7)4-6/h2-5H,9H2,1H3. The Morgan fingerprint density at radius 1 is 1.45 bits per heavy atom. The van der Waals surface area contributed by atoms with Crippen molar-refractivity contribution in [2.75, 3.05) is 5.73 Å². The summed E-state index contributed by atoms with van der Waals surface area (Å²) in [5.41, 5.74) is 7.77. The molecule has 56 valence electrons. The fraction of sp³-hybridized carbons (Fsp3) is 0.125. The van der Waals surface area contributed by atoms with E-state index in [0.29, 0.717) is 5.82 Å². The molecule has 0 atom stereocenters. The minimum atomic E-state index is 0.588. The molecule has 0 fully saturated rings. The van der Waals surface area contributed by atoms with Gasteiger partial charge in [0, 0.05) is 6.20 Å². The van der Waals surface area contributed by atoms with Crippen LogP contribution in [0.15, 0.2) is 24.7 Å². The summed E-state index contributed by atoms with van der Waals surface area (Å²) in [4.78, 5) is 3.98. The largest absolute Gasteiger partial charge is 0.382 e. The summed E-state index contributed by atoms with van der Waals surface area (Å²) in [6, 6.07) is 3.99. The Morgan fingerprint density at radius 2 is 2.27 bits per heavy atom. The highest BCUT2D eigenvalue weighted by Crippen LogP contribution is 2.11. The molecule has 0 aliphatic rings. The van der Waals surface area contributed by atoms with E-state index in [1.165, 1.54) is 5.56 Å². The molecular weight excluding hydrogens is 138 g/mol. The molecule has 0 spiro atoms. The van der Waals surface area contributed by atoms with Gasteiger partial charge in [0.15, 0.2) is 0 Å². The van der Waals surface area contributed by atoms with Crippen LogP contribution < -0.4 is 5.73 Å². The molecule has 2 rings (SSSR count). The Hall–Kier alpha value is -1.51. The van der Waals surface area contributed by atoms with E-state index in [2.05, 4.69) is 4.98 Å². The first-order valence-corrected chi connectivity index (χ1v) is 3.46. The highest BCUT2D eigenvalue weighted by Gasteiger charge is 1.97.